The maximum Gasteiger partial charge on any atom is 0.398 e. The van der Waals surface area contributed by atoms with E-state index >= 15 is 0 Å². The van der Waals surface area contributed by atoms with Crippen molar-refractivity contribution >= 4 is 11.7 Å². The Balaban J connectivity index is 0. The minimum absolute atomic E-state index is 0. The average molecular weight is 232 g/mol. The third-order valence-electron chi connectivity index (χ3n) is 1.74. The lowest BCUT2D eigenvalue weighted by Crippen LogP contribution is -3.00. The Hall–Kier alpha value is -1.09. The Bertz CT molecular complexity index is 247. The molecule has 0 amide bonds. The number of nitrogens with zero attached hydrogens (tertiary/aromatic N) is 1. The van der Waals surface area contributed by atoms with Gasteiger partial charge in [-0.1, -0.05) is 13.2 Å². The van der Waals surface area contributed by atoms with E-state index in [2.05, 4.69) is 13.2 Å². The quantitative estimate of drug-likeness (QED) is 0.239. The molecule has 0 heterocycles. The highest BCUT2D eigenvalue weighted by Gasteiger charge is 2.17. The Morgan fingerprint density at radius 1 is 1.33 bits per heavy atom. The zero-order valence-corrected chi connectivity index (χ0v) is 10.1. The highest BCUT2D eigenvalue weighted by atomic mass is 35.5. The van der Waals surface area contributed by atoms with Gasteiger partial charge in [0.1, 0.15) is 0 Å². The Morgan fingerprint density at radius 2 is 1.80 bits per heavy atom. The van der Waals surface area contributed by atoms with E-state index in [1.807, 2.05) is 4.58 Å². The van der Waals surface area contributed by atoms with Gasteiger partial charge in [-0.25, -0.2) is 9.37 Å². The van der Waals surface area contributed by atoms with Gasteiger partial charge in [0.2, 0.25) is 0 Å². The first-order chi connectivity index (χ1) is 6.67. The Kier molecular flexibility index (Phi) is 10.3. The van der Waals surface area contributed by atoms with E-state index in [0.29, 0.717) is 25.4 Å². The molecule has 4 heteroatoms. The molecule has 0 radical (unpaired) electrons. The van der Waals surface area contributed by atoms with Crippen LogP contribution in [0.25, 0.3) is 0 Å². The molecular formula is C11H18ClNO2. The lowest BCUT2D eigenvalue weighted by molar-refractivity contribution is -0.507. The van der Waals surface area contributed by atoms with E-state index in [4.69, 9.17) is 4.74 Å². The summed E-state index contributed by atoms with van der Waals surface area (Å²) in [5.74, 6) is -0.281. The molecule has 86 valence electrons. The van der Waals surface area contributed by atoms with Crippen LogP contribution in [-0.4, -0.2) is 36.0 Å². The fourth-order valence-electron chi connectivity index (χ4n) is 1.02. The zero-order valence-electron chi connectivity index (χ0n) is 9.33. The third kappa shape index (κ3) is 6.07. The molecule has 0 rings (SSSR count). The molecule has 0 N–H and O–H groups in total. The second kappa shape index (κ2) is 9.46. The fourth-order valence-corrected chi connectivity index (χ4v) is 1.02. The number of hydrogen-bond donors (Lipinski definition) is 0. The lowest BCUT2D eigenvalue weighted by Gasteiger charge is -2.03. The van der Waals surface area contributed by atoms with E-state index in [1.165, 1.54) is 0 Å². The molecule has 0 atom stereocenters. The van der Waals surface area contributed by atoms with E-state index in [0.717, 1.165) is 0 Å². The van der Waals surface area contributed by atoms with Crippen LogP contribution in [0.3, 0.4) is 0 Å². The summed E-state index contributed by atoms with van der Waals surface area (Å²) in [4.78, 5) is 11.4. The van der Waals surface area contributed by atoms with Crippen molar-refractivity contribution in [3.05, 3.63) is 25.3 Å². The smallest absolute Gasteiger partial charge is 0.398 e. The predicted octanol–water partition coefficient (Wildman–Crippen LogP) is -1.60. The highest BCUT2D eigenvalue weighted by molar-refractivity contribution is 6.33. The van der Waals surface area contributed by atoms with Gasteiger partial charge in [0.25, 0.3) is 5.71 Å². The Morgan fingerprint density at radius 3 is 2.13 bits per heavy atom. The summed E-state index contributed by atoms with van der Waals surface area (Å²) < 4.78 is 6.75. The first-order valence-corrected chi connectivity index (χ1v) is 4.64. The van der Waals surface area contributed by atoms with Crippen LogP contribution in [0.1, 0.15) is 13.8 Å². The molecule has 3 nitrogen and oxygen atoms in total. The second-order valence-electron chi connectivity index (χ2n) is 2.79. The molecule has 0 unspecified atom stereocenters. The number of ether oxygens (including phenoxy) is 1. The van der Waals surface area contributed by atoms with Crippen molar-refractivity contribution in [2.45, 2.75) is 13.8 Å². The van der Waals surface area contributed by atoms with Gasteiger partial charge in [0, 0.05) is 6.92 Å². The third-order valence-corrected chi connectivity index (χ3v) is 1.74. The molecule has 0 aromatic rings. The molecule has 0 spiro atoms. The molecule has 0 aromatic heterocycles. The van der Waals surface area contributed by atoms with Crippen LogP contribution < -0.4 is 12.4 Å². The summed E-state index contributed by atoms with van der Waals surface area (Å²) in [6, 6.07) is 0. The van der Waals surface area contributed by atoms with Crippen molar-refractivity contribution < 1.29 is 26.5 Å². The SMILES string of the molecule is C=CC[N+](CC=C)=C(C)C(=O)OCC.[Cl-]. The van der Waals surface area contributed by atoms with Crippen LogP contribution >= 0.6 is 0 Å². The first-order valence-electron chi connectivity index (χ1n) is 4.64. The molecule has 0 saturated carbocycles. The summed E-state index contributed by atoms with van der Waals surface area (Å²) in [5, 5.41) is 0. The maximum atomic E-state index is 11.4. The van der Waals surface area contributed by atoms with Gasteiger partial charge in [-0.05, 0) is 19.1 Å². The summed E-state index contributed by atoms with van der Waals surface area (Å²) >= 11 is 0. The molecule has 0 aliphatic heterocycles. The molecule has 0 aromatic carbocycles. The molecule has 0 aliphatic rings. The van der Waals surface area contributed by atoms with Crippen LogP contribution in [0.5, 0.6) is 0 Å². The highest BCUT2D eigenvalue weighted by Crippen LogP contribution is 1.88. The van der Waals surface area contributed by atoms with Gasteiger partial charge in [-0.2, -0.15) is 0 Å². The molecular weight excluding hydrogens is 214 g/mol. The van der Waals surface area contributed by atoms with Crippen LogP contribution in [0.15, 0.2) is 25.3 Å². The van der Waals surface area contributed by atoms with E-state index < -0.39 is 0 Å². The summed E-state index contributed by atoms with van der Waals surface area (Å²) in [7, 11) is 0. The summed E-state index contributed by atoms with van der Waals surface area (Å²) in [5.41, 5.74) is 0.589. The Labute approximate surface area is 97.5 Å². The van der Waals surface area contributed by atoms with E-state index in [9.17, 15) is 4.79 Å². The van der Waals surface area contributed by atoms with E-state index in [1.54, 1.807) is 26.0 Å². The van der Waals surface area contributed by atoms with Gasteiger partial charge in [0.15, 0.2) is 13.1 Å². The lowest BCUT2D eigenvalue weighted by atomic mass is 10.3. The topological polar surface area (TPSA) is 29.3 Å². The van der Waals surface area contributed by atoms with Crippen molar-refractivity contribution in [2.75, 3.05) is 19.7 Å². The van der Waals surface area contributed by atoms with Crippen LogP contribution in [0.4, 0.5) is 0 Å². The number of hydrogen-bond acceptors (Lipinski definition) is 2. The number of esters is 1. The summed E-state index contributed by atoms with van der Waals surface area (Å²) in [6.45, 7) is 12.4. The monoisotopic (exact) mass is 231 g/mol. The number of halogens is 1. The molecule has 0 saturated heterocycles. The average Bonchev–Trinajstić information content (AvgIpc) is 2.17. The largest absolute Gasteiger partial charge is 1.00 e. The summed E-state index contributed by atoms with van der Waals surface area (Å²) in [6.07, 6.45) is 3.48. The first kappa shape index (κ1) is 16.3. The van der Waals surface area contributed by atoms with Crippen LogP contribution in [0, 0.1) is 0 Å². The zero-order chi connectivity index (χ0) is 11.0. The normalized spacial score (nSPS) is 8.40. The standard InChI is InChI=1S/C11H18NO2.ClH/c1-5-8-12(9-6-2)10(4)11(13)14-7-3;/h5-6H,1-2,7-9H2,3-4H3;1H/q+1;/p-1. The number of rotatable bonds is 6. The predicted molar refractivity (Wildman–Crippen MR) is 57.7 cm³/mol. The van der Waals surface area contributed by atoms with Crippen molar-refractivity contribution in [3.63, 3.8) is 0 Å². The molecule has 0 fully saturated rings. The minimum atomic E-state index is -0.281. The minimum Gasteiger partial charge on any atom is -1.00 e. The van der Waals surface area contributed by atoms with Crippen LogP contribution in [0.2, 0.25) is 0 Å². The van der Waals surface area contributed by atoms with Gasteiger partial charge < -0.3 is 17.1 Å². The maximum absolute atomic E-state index is 11.4. The molecule has 0 aliphatic carbocycles. The second-order valence-corrected chi connectivity index (χ2v) is 2.79. The van der Waals surface area contributed by atoms with Crippen LogP contribution in [-0.2, 0) is 9.53 Å². The van der Waals surface area contributed by atoms with Crippen molar-refractivity contribution in [2.24, 2.45) is 0 Å². The number of carbonyl (C=O) groups is 1. The van der Waals surface area contributed by atoms with Crippen molar-refractivity contribution in [1.29, 1.82) is 0 Å². The molecule has 15 heavy (non-hydrogen) atoms. The van der Waals surface area contributed by atoms with Gasteiger partial charge in [0.05, 0.1) is 6.61 Å². The van der Waals surface area contributed by atoms with Crippen molar-refractivity contribution in [1.82, 2.24) is 0 Å². The fraction of sp³-hybridized carbons (Fsp3) is 0.455. The number of carbonyl (C=O) groups excluding carboxylic acids is 1. The van der Waals surface area contributed by atoms with Gasteiger partial charge in [-0.3, -0.25) is 0 Å². The van der Waals surface area contributed by atoms with Gasteiger partial charge in [-0.15, -0.1) is 0 Å². The van der Waals surface area contributed by atoms with Gasteiger partial charge >= 0.3 is 5.97 Å². The van der Waals surface area contributed by atoms with E-state index in [-0.39, 0.29) is 18.4 Å². The van der Waals surface area contributed by atoms with Crippen molar-refractivity contribution in [3.8, 4) is 0 Å². The molecule has 0 bridgehead atoms.